The molecular formula is C8H18O2Si. The molecule has 0 spiro atoms. The van der Waals surface area contributed by atoms with Gasteiger partial charge in [0.1, 0.15) is 0 Å². The number of rotatable bonds is 4. The second-order valence-electron chi connectivity index (χ2n) is 3.71. The molecule has 0 unspecified atom stereocenters. The van der Waals surface area contributed by atoms with Crippen LogP contribution < -0.4 is 0 Å². The zero-order chi connectivity index (χ0) is 8.32. The van der Waals surface area contributed by atoms with Crippen LogP contribution in [0.4, 0.5) is 0 Å². The molecule has 1 aliphatic rings. The fourth-order valence-corrected chi connectivity index (χ4v) is 1.79. The average Bonchev–Trinajstić information content (AvgIpc) is 1.84. The van der Waals surface area contributed by atoms with Gasteiger partial charge < -0.3 is 8.85 Å². The maximum absolute atomic E-state index is 5.70. The van der Waals surface area contributed by atoms with E-state index < -0.39 is 8.56 Å². The Morgan fingerprint density at radius 2 is 2.00 bits per heavy atom. The molecule has 66 valence electrons. The van der Waals surface area contributed by atoms with E-state index in [1.165, 1.54) is 19.3 Å². The summed E-state index contributed by atoms with van der Waals surface area (Å²) < 4.78 is 11.0. The van der Waals surface area contributed by atoms with Crippen molar-refractivity contribution in [3.05, 3.63) is 0 Å². The highest BCUT2D eigenvalue weighted by Gasteiger charge is 2.26. The van der Waals surface area contributed by atoms with Gasteiger partial charge >= 0.3 is 8.56 Å². The monoisotopic (exact) mass is 174 g/mol. The van der Waals surface area contributed by atoms with E-state index in [1.807, 2.05) is 0 Å². The van der Waals surface area contributed by atoms with Gasteiger partial charge in [-0.1, -0.05) is 6.42 Å². The topological polar surface area (TPSA) is 18.5 Å². The van der Waals surface area contributed by atoms with Crippen LogP contribution in [0.1, 0.15) is 19.3 Å². The number of hydrogen-bond acceptors (Lipinski definition) is 2. The van der Waals surface area contributed by atoms with Gasteiger partial charge in [-0.3, -0.25) is 0 Å². The lowest BCUT2D eigenvalue weighted by atomic mass is 9.86. The van der Waals surface area contributed by atoms with Gasteiger partial charge in [0.15, 0.2) is 0 Å². The molecule has 0 radical (unpaired) electrons. The first-order valence-corrected chi connectivity index (χ1v) is 7.15. The van der Waals surface area contributed by atoms with Crippen LogP contribution in [0.15, 0.2) is 0 Å². The minimum Gasteiger partial charge on any atom is -0.398 e. The molecule has 0 N–H and O–H groups in total. The van der Waals surface area contributed by atoms with Gasteiger partial charge in [-0.2, -0.15) is 0 Å². The van der Waals surface area contributed by atoms with Gasteiger partial charge in [0.25, 0.3) is 0 Å². The average molecular weight is 174 g/mol. The van der Waals surface area contributed by atoms with Crippen LogP contribution in [-0.4, -0.2) is 22.3 Å². The first-order valence-electron chi connectivity index (χ1n) is 4.33. The Morgan fingerprint density at radius 1 is 1.36 bits per heavy atom. The van der Waals surface area contributed by atoms with E-state index in [1.54, 1.807) is 7.11 Å². The first kappa shape index (κ1) is 9.23. The van der Waals surface area contributed by atoms with E-state index in [2.05, 4.69) is 13.1 Å². The summed E-state index contributed by atoms with van der Waals surface area (Å²) >= 11 is 0. The van der Waals surface area contributed by atoms with Crippen molar-refractivity contribution in [1.29, 1.82) is 0 Å². The summed E-state index contributed by atoms with van der Waals surface area (Å²) in [6.45, 7) is 5.10. The molecule has 0 atom stereocenters. The normalized spacial score (nSPS) is 19.9. The van der Waals surface area contributed by atoms with E-state index in [0.29, 0.717) is 0 Å². The molecule has 1 fully saturated rings. The molecule has 0 saturated heterocycles. The van der Waals surface area contributed by atoms with Crippen LogP contribution in [0.3, 0.4) is 0 Å². The molecule has 0 amide bonds. The highest BCUT2D eigenvalue weighted by atomic mass is 28.4. The van der Waals surface area contributed by atoms with Crippen LogP contribution in [-0.2, 0) is 8.85 Å². The van der Waals surface area contributed by atoms with Gasteiger partial charge in [0.05, 0.1) is 0 Å². The summed E-state index contributed by atoms with van der Waals surface area (Å²) in [5.41, 5.74) is 0. The Labute approximate surface area is 70.1 Å². The maximum atomic E-state index is 5.70. The zero-order valence-corrected chi connectivity index (χ0v) is 8.72. The van der Waals surface area contributed by atoms with Crippen molar-refractivity contribution in [3.8, 4) is 0 Å². The Morgan fingerprint density at radius 3 is 2.36 bits per heavy atom. The van der Waals surface area contributed by atoms with Crippen molar-refractivity contribution in [2.45, 2.75) is 32.4 Å². The second kappa shape index (κ2) is 3.69. The van der Waals surface area contributed by atoms with Gasteiger partial charge in [0.2, 0.25) is 0 Å². The predicted molar refractivity (Wildman–Crippen MR) is 47.8 cm³/mol. The zero-order valence-electron chi connectivity index (χ0n) is 7.72. The highest BCUT2D eigenvalue weighted by molar-refractivity contribution is 6.64. The third kappa shape index (κ3) is 2.93. The number of hydrogen-bond donors (Lipinski definition) is 0. The molecule has 0 aromatic heterocycles. The maximum Gasteiger partial charge on any atom is 0.331 e. The van der Waals surface area contributed by atoms with Gasteiger partial charge in [-0.25, -0.2) is 0 Å². The van der Waals surface area contributed by atoms with E-state index in [-0.39, 0.29) is 0 Å². The molecule has 1 aliphatic carbocycles. The van der Waals surface area contributed by atoms with E-state index in [0.717, 1.165) is 12.5 Å². The summed E-state index contributed by atoms with van der Waals surface area (Å²) in [7, 11) is 0.0206. The van der Waals surface area contributed by atoms with Crippen LogP contribution in [0.25, 0.3) is 0 Å². The Kier molecular flexibility index (Phi) is 3.10. The molecule has 1 rings (SSSR count). The summed E-state index contributed by atoms with van der Waals surface area (Å²) in [4.78, 5) is 0. The molecule has 0 heterocycles. The van der Waals surface area contributed by atoms with Crippen LogP contribution in [0.5, 0.6) is 0 Å². The summed E-state index contributed by atoms with van der Waals surface area (Å²) in [5.74, 6) is 0.830. The Hall–Kier alpha value is 0.137. The molecular weight excluding hydrogens is 156 g/mol. The molecule has 0 aromatic rings. The van der Waals surface area contributed by atoms with Gasteiger partial charge in [-0.15, -0.1) is 0 Å². The predicted octanol–water partition coefficient (Wildman–Crippen LogP) is 2.15. The van der Waals surface area contributed by atoms with Crippen molar-refractivity contribution >= 4 is 8.56 Å². The van der Waals surface area contributed by atoms with Crippen molar-refractivity contribution in [2.75, 3.05) is 13.7 Å². The minimum atomic E-state index is -1.72. The third-order valence-electron chi connectivity index (χ3n) is 2.38. The Bertz CT molecular complexity index is 121. The molecule has 0 aliphatic heterocycles. The van der Waals surface area contributed by atoms with Crippen LogP contribution in [0.2, 0.25) is 13.1 Å². The fraction of sp³-hybridized carbons (Fsp3) is 1.00. The quantitative estimate of drug-likeness (QED) is 0.608. The van der Waals surface area contributed by atoms with Gasteiger partial charge in [-0.05, 0) is 31.9 Å². The molecule has 2 nitrogen and oxygen atoms in total. The van der Waals surface area contributed by atoms with Crippen LogP contribution in [0, 0.1) is 5.92 Å². The lowest BCUT2D eigenvalue weighted by Gasteiger charge is -2.29. The summed E-state index contributed by atoms with van der Waals surface area (Å²) in [6, 6.07) is 0. The van der Waals surface area contributed by atoms with Crippen molar-refractivity contribution in [2.24, 2.45) is 5.92 Å². The molecule has 3 heteroatoms. The first-order chi connectivity index (χ1) is 5.14. The highest BCUT2D eigenvalue weighted by Crippen LogP contribution is 2.27. The van der Waals surface area contributed by atoms with E-state index in [9.17, 15) is 0 Å². The van der Waals surface area contributed by atoms with Gasteiger partial charge in [0, 0.05) is 13.7 Å². The molecule has 0 bridgehead atoms. The second-order valence-corrected chi connectivity index (χ2v) is 7.21. The van der Waals surface area contributed by atoms with Crippen molar-refractivity contribution in [3.63, 3.8) is 0 Å². The van der Waals surface area contributed by atoms with Crippen molar-refractivity contribution < 1.29 is 8.85 Å². The van der Waals surface area contributed by atoms with Crippen LogP contribution >= 0.6 is 0 Å². The largest absolute Gasteiger partial charge is 0.398 e. The lowest BCUT2D eigenvalue weighted by molar-refractivity contribution is 0.136. The van der Waals surface area contributed by atoms with E-state index >= 15 is 0 Å². The molecule has 11 heavy (non-hydrogen) atoms. The summed E-state index contributed by atoms with van der Waals surface area (Å²) in [6.07, 6.45) is 4.10. The van der Waals surface area contributed by atoms with E-state index in [4.69, 9.17) is 8.85 Å². The lowest BCUT2D eigenvalue weighted by Crippen LogP contribution is -2.36. The SMILES string of the molecule is CO[Si](C)(C)OCC1CCC1. The molecule has 0 aromatic carbocycles. The minimum absolute atomic E-state index is 0.830. The smallest absolute Gasteiger partial charge is 0.331 e. The molecule has 1 saturated carbocycles. The van der Waals surface area contributed by atoms with Crippen molar-refractivity contribution in [1.82, 2.24) is 0 Å². The third-order valence-corrected chi connectivity index (χ3v) is 4.23. The Balaban J connectivity index is 2.09. The standard InChI is InChI=1S/C8H18O2Si/c1-9-11(2,3)10-7-8-5-4-6-8/h8H,4-7H2,1-3H3. The summed E-state index contributed by atoms with van der Waals surface area (Å²) in [5, 5.41) is 0. The fourth-order valence-electron chi connectivity index (χ4n) is 1.04.